The van der Waals surface area contributed by atoms with Gasteiger partial charge in [-0.05, 0) is 0 Å². The van der Waals surface area contributed by atoms with E-state index in [9.17, 15) is 0 Å². The monoisotopic (exact) mass is 312 g/mol. The van der Waals surface area contributed by atoms with E-state index in [4.69, 9.17) is 3.32 Å². The second kappa shape index (κ2) is 5.92. The molecule has 0 heterocycles. The summed E-state index contributed by atoms with van der Waals surface area (Å²) in [5.41, 5.74) is 5.72. The first-order valence-electron chi connectivity index (χ1n) is 7.34. The molecule has 0 N–H and O–H groups in total. The molecule has 0 bridgehead atoms. The van der Waals surface area contributed by atoms with Crippen molar-refractivity contribution in [3.8, 4) is 0 Å². The summed E-state index contributed by atoms with van der Waals surface area (Å²) in [4.78, 5) is 0. The van der Waals surface area contributed by atoms with Crippen LogP contribution in [-0.4, -0.2) is 7.11 Å². The molecule has 3 rings (SSSR count). The van der Waals surface area contributed by atoms with Crippen molar-refractivity contribution in [2.45, 2.75) is 20.8 Å². The van der Waals surface area contributed by atoms with Gasteiger partial charge in [-0.3, -0.25) is 0 Å². The fraction of sp³-hybridized carbons (Fsp3) is 0.263. The number of allylic oxidation sites excluding steroid dienone is 4. The zero-order valence-electron chi connectivity index (χ0n) is 13.0. The number of benzene rings is 2. The second-order valence-electron chi connectivity index (χ2n) is 5.69. The van der Waals surface area contributed by atoms with E-state index >= 15 is 0 Å². The van der Waals surface area contributed by atoms with Crippen LogP contribution >= 0.6 is 0 Å². The summed E-state index contributed by atoms with van der Waals surface area (Å²) in [6, 6.07) is 13.2. The zero-order chi connectivity index (χ0) is 15.0. The molecule has 0 saturated heterocycles. The molecule has 2 aromatic rings. The maximum atomic E-state index is 5.62. The third kappa shape index (κ3) is 2.55. The van der Waals surface area contributed by atoms with E-state index in [0.717, 1.165) is 0 Å². The summed E-state index contributed by atoms with van der Waals surface area (Å²) in [5.74, 6) is 0.494. The van der Waals surface area contributed by atoms with Crippen LogP contribution in [0.1, 0.15) is 26.3 Å². The van der Waals surface area contributed by atoms with Gasteiger partial charge in [0.05, 0.1) is 0 Å². The van der Waals surface area contributed by atoms with E-state index < -0.39 is 19.5 Å². The molecule has 0 spiro atoms. The van der Waals surface area contributed by atoms with E-state index in [0.29, 0.717) is 5.92 Å². The molecule has 0 amide bonds. The van der Waals surface area contributed by atoms with Crippen LogP contribution in [0.5, 0.6) is 0 Å². The van der Waals surface area contributed by atoms with Crippen LogP contribution in [0.25, 0.3) is 16.3 Å². The van der Waals surface area contributed by atoms with Crippen LogP contribution in [-0.2, 0) is 22.9 Å². The first kappa shape index (κ1) is 14.8. The summed E-state index contributed by atoms with van der Waals surface area (Å²) < 4.78 is 7.05. The Bertz CT molecular complexity index is 755. The van der Waals surface area contributed by atoms with Crippen molar-refractivity contribution in [3.63, 3.8) is 0 Å². The molecule has 0 fully saturated rings. The Morgan fingerprint density at radius 1 is 1.05 bits per heavy atom. The Labute approximate surface area is 136 Å². The van der Waals surface area contributed by atoms with Gasteiger partial charge in [0, 0.05) is 0 Å². The molecule has 0 saturated carbocycles. The summed E-state index contributed by atoms with van der Waals surface area (Å²) in [6.45, 7) is 6.75. The maximum absolute atomic E-state index is 5.62. The van der Waals surface area contributed by atoms with E-state index in [1.54, 1.807) is 0 Å². The Morgan fingerprint density at radius 3 is 2.48 bits per heavy atom. The third-order valence-electron chi connectivity index (χ3n) is 4.37. The molecule has 2 heteroatoms. The Hall–Kier alpha value is -1.15. The second-order valence-corrected chi connectivity index (χ2v) is 7.43. The predicted molar refractivity (Wildman–Crippen MR) is 86.1 cm³/mol. The van der Waals surface area contributed by atoms with Crippen molar-refractivity contribution in [2.75, 3.05) is 7.11 Å². The van der Waals surface area contributed by atoms with Gasteiger partial charge < -0.3 is 0 Å². The van der Waals surface area contributed by atoms with Crippen LogP contribution in [0.3, 0.4) is 0 Å². The molecule has 106 valence electrons. The fourth-order valence-corrected chi connectivity index (χ4v) is 4.65. The predicted octanol–water partition coefficient (Wildman–Crippen LogP) is 4.48. The topological polar surface area (TPSA) is 9.23 Å². The summed E-state index contributed by atoms with van der Waals surface area (Å²) in [5, 5.41) is 2.67. The molecule has 1 unspecified atom stereocenters. The van der Waals surface area contributed by atoms with Crippen molar-refractivity contribution in [3.05, 3.63) is 59.2 Å². The van der Waals surface area contributed by atoms with Gasteiger partial charge in [-0.15, -0.1) is 0 Å². The molecule has 1 aliphatic carbocycles. The standard InChI is InChI=1S/C18H17.CH3O.Ti/c1-12-10-13(2)18(14(12)3)17-9-8-15-6-4-5-7-16(15)11-17;1-2;/h4-10,13H,1-3H3;1H3;/q;-1;+1. The van der Waals surface area contributed by atoms with Crippen LogP contribution in [0, 0.1) is 5.92 Å². The van der Waals surface area contributed by atoms with E-state index in [1.165, 1.54) is 36.9 Å². The van der Waals surface area contributed by atoms with Crippen molar-refractivity contribution < 1.29 is 22.9 Å². The van der Waals surface area contributed by atoms with Crippen LogP contribution < -0.4 is 3.87 Å². The summed E-state index contributed by atoms with van der Waals surface area (Å²) >= 11 is -0.569. The molecule has 0 aromatic heterocycles. The van der Waals surface area contributed by atoms with E-state index in [1.807, 2.05) is 7.11 Å². The van der Waals surface area contributed by atoms with E-state index in [2.05, 4.69) is 63.2 Å². The Morgan fingerprint density at radius 2 is 1.81 bits per heavy atom. The van der Waals surface area contributed by atoms with Gasteiger partial charge in [0.25, 0.3) is 0 Å². The minimum atomic E-state index is -0.569. The molecular formula is C19H20OTi. The first-order valence-corrected chi connectivity index (χ1v) is 8.76. The molecule has 1 atom stereocenters. The van der Waals surface area contributed by atoms with Gasteiger partial charge in [0.2, 0.25) is 0 Å². The molecule has 1 aliphatic rings. The van der Waals surface area contributed by atoms with Crippen molar-refractivity contribution in [1.29, 1.82) is 0 Å². The van der Waals surface area contributed by atoms with Gasteiger partial charge in [-0.1, -0.05) is 0 Å². The normalized spacial score (nSPS) is 18.3. The van der Waals surface area contributed by atoms with Crippen molar-refractivity contribution in [2.24, 2.45) is 5.92 Å². The number of rotatable bonds is 3. The number of hydrogen-bond donors (Lipinski definition) is 0. The summed E-state index contributed by atoms with van der Waals surface area (Å²) in [6.07, 6.45) is 2.37. The van der Waals surface area contributed by atoms with Gasteiger partial charge in [0.15, 0.2) is 0 Å². The average molecular weight is 312 g/mol. The van der Waals surface area contributed by atoms with Gasteiger partial charge in [-0.2, -0.15) is 0 Å². The van der Waals surface area contributed by atoms with Crippen molar-refractivity contribution in [1.82, 2.24) is 0 Å². The Balaban J connectivity index is 2.26. The van der Waals surface area contributed by atoms with Crippen molar-refractivity contribution >= 4 is 20.2 Å². The third-order valence-corrected chi connectivity index (χ3v) is 5.85. The number of hydrogen-bond acceptors (Lipinski definition) is 1. The SMILES string of the molecule is C[O][Ti][c]1c(C2=C(C)C(C)=CC2C)ccc2ccccc12. The quantitative estimate of drug-likeness (QED) is 0.759. The van der Waals surface area contributed by atoms with Crippen LogP contribution in [0.4, 0.5) is 0 Å². The molecule has 0 radical (unpaired) electrons. The molecule has 2 aromatic carbocycles. The molecule has 1 nitrogen and oxygen atoms in total. The summed E-state index contributed by atoms with van der Waals surface area (Å²) in [7, 11) is 1.83. The first-order chi connectivity index (χ1) is 10.1. The zero-order valence-corrected chi connectivity index (χ0v) is 14.6. The van der Waals surface area contributed by atoms with Gasteiger partial charge >= 0.3 is 136 Å². The fourth-order valence-electron chi connectivity index (χ4n) is 3.29. The average Bonchev–Trinajstić information content (AvgIpc) is 2.73. The van der Waals surface area contributed by atoms with E-state index in [-0.39, 0.29) is 0 Å². The number of fused-ring (bicyclic) bond motifs is 1. The molecule has 0 aliphatic heterocycles. The Kier molecular flexibility index (Phi) is 4.17. The van der Waals surface area contributed by atoms with Crippen LogP contribution in [0.2, 0.25) is 0 Å². The minimum absolute atomic E-state index is 0.494. The van der Waals surface area contributed by atoms with Crippen LogP contribution in [0.15, 0.2) is 53.6 Å². The molecular weight excluding hydrogens is 292 g/mol. The van der Waals surface area contributed by atoms with Gasteiger partial charge in [0.1, 0.15) is 0 Å². The molecule has 21 heavy (non-hydrogen) atoms. The van der Waals surface area contributed by atoms with Gasteiger partial charge in [-0.25, -0.2) is 0 Å².